The molecule has 4 aromatic rings. The minimum Gasteiger partial charge on any atom is -0.382 e. The Kier molecular flexibility index (Phi) is 8.38. The molecule has 0 atom stereocenters. The van der Waals surface area contributed by atoms with E-state index in [9.17, 15) is 14.4 Å². The van der Waals surface area contributed by atoms with Crippen molar-refractivity contribution in [3.8, 4) is 11.1 Å². The summed E-state index contributed by atoms with van der Waals surface area (Å²) < 4.78 is 23.1. The van der Waals surface area contributed by atoms with Gasteiger partial charge in [0.1, 0.15) is 17.7 Å². The Labute approximate surface area is 258 Å². The Morgan fingerprint density at radius 3 is 2.64 bits per heavy atom. The Bertz CT molecular complexity index is 1770. The molecule has 5 heterocycles. The summed E-state index contributed by atoms with van der Waals surface area (Å²) in [5.74, 6) is -0.330. The molecule has 3 N–H and O–H groups in total. The number of piperidine rings is 1. The lowest BCUT2D eigenvalue weighted by atomic mass is 9.93. The molecule has 2 saturated heterocycles. The minimum absolute atomic E-state index is 0.102. The molecule has 0 aliphatic carbocycles. The van der Waals surface area contributed by atoms with Gasteiger partial charge in [0.05, 0.1) is 25.5 Å². The Morgan fingerprint density at radius 2 is 1.93 bits per heavy atom. The molecule has 2 fully saturated rings. The molecule has 6 rings (SSSR count). The largest absolute Gasteiger partial charge is 0.382 e. The van der Waals surface area contributed by atoms with Crippen molar-refractivity contribution >= 4 is 41.6 Å². The van der Waals surface area contributed by atoms with Crippen LogP contribution in [0.25, 0.3) is 16.6 Å². The first-order chi connectivity index (χ1) is 21.9. The van der Waals surface area contributed by atoms with E-state index in [1.165, 1.54) is 17.4 Å². The molecule has 232 valence electrons. The molecule has 0 spiro atoms. The first-order valence-electron chi connectivity index (χ1n) is 14.5. The van der Waals surface area contributed by atoms with Crippen molar-refractivity contribution in [3.63, 3.8) is 0 Å². The monoisotopic (exact) mass is 613 g/mol. The highest BCUT2D eigenvalue weighted by atomic mass is 19.1. The number of nitrogens with one attached hydrogen (secondary N) is 1. The lowest BCUT2D eigenvalue weighted by Gasteiger charge is -2.38. The zero-order valence-electron chi connectivity index (χ0n) is 24.6. The number of fused-ring (bicyclic) bond motifs is 1. The molecule has 1 aromatic carbocycles. The fraction of sp³-hybridized carbons (Fsp3) is 0.290. The van der Waals surface area contributed by atoms with Gasteiger partial charge in [-0.15, -0.1) is 0 Å². The van der Waals surface area contributed by atoms with Crippen LogP contribution in [0, 0.1) is 5.82 Å². The van der Waals surface area contributed by atoms with E-state index in [0.717, 1.165) is 24.9 Å². The Hall–Kier alpha value is -5.37. The topological polar surface area (TPSA) is 151 Å². The number of carbonyl (C=O) groups is 3. The standard InChI is InChI=1S/C31H32FN9O4/c1-20(27-16-45-13-12-39(27)40(19-43)28-4-2-3-9-34-28)31(44)37-22-5-6-23(25(32)14-22)24-15-26(21-7-10-38(18-42)11-8-21)41-29(24)30(33)35-17-36-41/h2-6,9,14-15,17-19,21H,7-8,10-13,16H2,1H3,(H,37,44)(H2,33,35,36)/b27-20+. The average Bonchev–Trinajstić information content (AvgIpc) is 3.46. The van der Waals surface area contributed by atoms with Crippen LogP contribution in [0.5, 0.6) is 0 Å². The zero-order chi connectivity index (χ0) is 31.5. The number of benzene rings is 1. The van der Waals surface area contributed by atoms with Gasteiger partial charge in [-0.3, -0.25) is 19.4 Å². The molecular weight excluding hydrogens is 581 g/mol. The predicted octanol–water partition coefficient (Wildman–Crippen LogP) is 2.97. The summed E-state index contributed by atoms with van der Waals surface area (Å²) in [5.41, 5.74) is 9.46. The van der Waals surface area contributed by atoms with Crippen molar-refractivity contribution in [2.75, 3.05) is 48.9 Å². The van der Waals surface area contributed by atoms with Gasteiger partial charge in [0.15, 0.2) is 11.6 Å². The fourth-order valence-electron chi connectivity index (χ4n) is 5.85. The van der Waals surface area contributed by atoms with Crippen molar-refractivity contribution in [1.82, 2.24) is 29.5 Å². The van der Waals surface area contributed by atoms with Gasteiger partial charge in [0.25, 0.3) is 5.91 Å². The van der Waals surface area contributed by atoms with Crippen LogP contribution in [0.15, 0.2) is 66.3 Å². The van der Waals surface area contributed by atoms with Gasteiger partial charge >= 0.3 is 0 Å². The van der Waals surface area contributed by atoms with Crippen LogP contribution in [0.1, 0.15) is 31.4 Å². The second-order valence-electron chi connectivity index (χ2n) is 10.8. The SMILES string of the molecule is C/C(C(=O)Nc1ccc(-c2cc(C3CCN(C=O)CC3)n3ncnc(N)c23)c(F)c1)=C1/COCCN1N(C=O)c1ccccn1. The number of halogens is 1. The number of aromatic nitrogens is 4. The van der Waals surface area contributed by atoms with Gasteiger partial charge in [-0.05, 0) is 56.2 Å². The van der Waals surface area contributed by atoms with E-state index in [-0.39, 0.29) is 29.6 Å². The number of nitrogens with two attached hydrogens (primary N) is 1. The maximum absolute atomic E-state index is 15.8. The van der Waals surface area contributed by atoms with E-state index >= 15 is 4.39 Å². The van der Waals surface area contributed by atoms with E-state index in [4.69, 9.17) is 10.5 Å². The van der Waals surface area contributed by atoms with Crippen LogP contribution in [0.3, 0.4) is 0 Å². The molecule has 0 bridgehead atoms. The van der Waals surface area contributed by atoms with Gasteiger partial charge < -0.3 is 20.7 Å². The number of anilines is 3. The highest BCUT2D eigenvalue weighted by Gasteiger charge is 2.28. The van der Waals surface area contributed by atoms with E-state index in [1.54, 1.807) is 57.9 Å². The van der Waals surface area contributed by atoms with Gasteiger partial charge in [-0.1, -0.05) is 6.07 Å². The normalized spacial score (nSPS) is 16.8. The first kappa shape index (κ1) is 29.7. The molecule has 2 aliphatic rings. The lowest BCUT2D eigenvalue weighted by Crippen LogP contribution is -2.48. The number of nitrogens with zero attached hydrogens (tertiary/aromatic N) is 7. The Morgan fingerprint density at radius 1 is 1.11 bits per heavy atom. The van der Waals surface area contributed by atoms with E-state index < -0.39 is 11.7 Å². The first-order valence-corrected chi connectivity index (χ1v) is 14.5. The molecular formula is C31H32FN9O4. The van der Waals surface area contributed by atoms with Crippen LogP contribution in [0.4, 0.5) is 21.7 Å². The third-order valence-electron chi connectivity index (χ3n) is 8.24. The van der Waals surface area contributed by atoms with Crippen LogP contribution in [0.2, 0.25) is 0 Å². The average molecular weight is 614 g/mol. The lowest BCUT2D eigenvalue weighted by molar-refractivity contribution is -0.119. The van der Waals surface area contributed by atoms with Crippen molar-refractivity contribution in [1.29, 1.82) is 0 Å². The molecule has 3 aromatic heterocycles. The number of hydrogen-bond acceptors (Lipinski definition) is 9. The smallest absolute Gasteiger partial charge is 0.253 e. The number of amides is 3. The van der Waals surface area contributed by atoms with Crippen LogP contribution in [-0.2, 0) is 19.1 Å². The number of hydrazine groups is 1. The second kappa shape index (κ2) is 12.7. The number of rotatable bonds is 8. The number of ether oxygens (including phenoxy) is 1. The predicted molar refractivity (Wildman–Crippen MR) is 164 cm³/mol. The van der Waals surface area contributed by atoms with Gasteiger partial charge in [-0.25, -0.2) is 23.9 Å². The van der Waals surface area contributed by atoms with Gasteiger partial charge in [-0.2, -0.15) is 5.10 Å². The number of pyridine rings is 1. The number of morpholine rings is 1. The van der Waals surface area contributed by atoms with E-state index in [1.807, 2.05) is 6.07 Å². The maximum Gasteiger partial charge on any atom is 0.253 e. The fourth-order valence-corrected chi connectivity index (χ4v) is 5.85. The highest BCUT2D eigenvalue weighted by molar-refractivity contribution is 6.04. The van der Waals surface area contributed by atoms with Gasteiger partial charge in [0.2, 0.25) is 12.8 Å². The van der Waals surface area contributed by atoms with Crippen molar-refractivity contribution in [2.45, 2.75) is 25.7 Å². The van der Waals surface area contributed by atoms with E-state index in [2.05, 4.69) is 20.4 Å². The van der Waals surface area contributed by atoms with Gasteiger partial charge in [0, 0.05) is 53.3 Å². The molecule has 14 heteroatoms. The molecule has 0 unspecified atom stereocenters. The number of likely N-dealkylation sites (tertiary alicyclic amines) is 1. The summed E-state index contributed by atoms with van der Waals surface area (Å²) in [5, 5.41) is 10.2. The molecule has 0 saturated carbocycles. The minimum atomic E-state index is -0.568. The van der Waals surface area contributed by atoms with Crippen LogP contribution in [-0.4, -0.2) is 81.1 Å². The number of hydrogen-bond donors (Lipinski definition) is 2. The summed E-state index contributed by atoms with van der Waals surface area (Å²) >= 11 is 0. The van der Waals surface area contributed by atoms with Crippen molar-refractivity contribution in [2.24, 2.45) is 0 Å². The van der Waals surface area contributed by atoms with Crippen LogP contribution >= 0.6 is 0 Å². The quantitative estimate of drug-likeness (QED) is 0.226. The molecule has 13 nitrogen and oxygen atoms in total. The van der Waals surface area contributed by atoms with Crippen molar-refractivity contribution < 1.29 is 23.5 Å². The Balaban J connectivity index is 1.27. The summed E-state index contributed by atoms with van der Waals surface area (Å²) in [4.78, 5) is 46.7. The third kappa shape index (κ3) is 5.79. The zero-order valence-corrected chi connectivity index (χ0v) is 24.6. The third-order valence-corrected chi connectivity index (χ3v) is 8.24. The maximum atomic E-state index is 15.8. The number of nitrogen functional groups attached to an aromatic ring is 1. The molecule has 0 radical (unpaired) electrons. The van der Waals surface area contributed by atoms with E-state index in [0.29, 0.717) is 60.8 Å². The summed E-state index contributed by atoms with van der Waals surface area (Å²) in [6, 6.07) is 11.5. The summed E-state index contributed by atoms with van der Waals surface area (Å²) in [6.07, 6.45) is 5.91. The highest BCUT2D eigenvalue weighted by Crippen LogP contribution is 2.38. The summed E-state index contributed by atoms with van der Waals surface area (Å²) in [6.45, 7) is 3.65. The number of carbonyl (C=O) groups excluding carboxylic acids is 3. The molecule has 2 aliphatic heterocycles. The second-order valence-corrected chi connectivity index (χ2v) is 10.8. The molecule has 3 amide bonds. The van der Waals surface area contributed by atoms with Crippen LogP contribution < -0.4 is 16.1 Å². The van der Waals surface area contributed by atoms with Crippen molar-refractivity contribution in [3.05, 3.63) is 77.8 Å². The summed E-state index contributed by atoms with van der Waals surface area (Å²) in [7, 11) is 0. The molecule has 45 heavy (non-hydrogen) atoms.